The monoisotopic (exact) mass is 441 g/mol. The van der Waals surface area contributed by atoms with E-state index in [1.807, 2.05) is 42.5 Å². The van der Waals surface area contributed by atoms with Gasteiger partial charge in [0.2, 0.25) is 6.79 Å². The van der Waals surface area contributed by atoms with Crippen LogP contribution in [-0.4, -0.2) is 25.5 Å². The Balaban J connectivity index is 1.43. The number of ether oxygens (including phenoxy) is 2. The average molecular weight is 442 g/mol. The van der Waals surface area contributed by atoms with Crippen LogP contribution in [0.5, 0.6) is 11.5 Å². The Bertz CT molecular complexity index is 1240. The van der Waals surface area contributed by atoms with Crippen molar-refractivity contribution in [1.82, 2.24) is 5.32 Å². The molecule has 5 nitrogen and oxygen atoms in total. The third-order valence-electron chi connectivity index (χ3n) is 6.79. The summed E-state index contributed by atoms with van der Waals surface area (Å²) in [5.41, 5.74) is 5.45. The fourth-order valence-corrected chi connectivity index (χ4v) is 4.69. The van der Waals surface area contributed by atoms with Gasteiger partial charge in [0.15, 0.2) is 11.5 Å². The van der Waals surface area contributed by atoms with Gasteiger partial charge in [-0.1, -0.05) is 43.3 Å². The molecule has 1 saturated carbocycles. The molecular formula is C28H27NO4. The Hall–Kier alpha value is -3.60. The molecule has 168 valence electrons. The van der Waals surface area contributed by atoms with E-state index in [-0.39, 0.29) is 18.5 Å². The van der Waals surface area contributed by atoms with Gasteiger partial charge in [0.05, 0.1) is 5.41 Å². The number of rotatable bonds is 7. The number of amides is 1. The summed E-state index contributed by atoms with van der Waals surface area (Å²) >= 11 is 0. The van der Waals surface area contributed by atoms with E-state index in [4.69, 9.17) is 9.47 Å². The van der Waals surface area contributed by atoms with E-state index in [2.05, 4.69) is 30.4 Å². The number of carbonyl (C=O) groups excluding carboxylic acids is 2. The minimum absolute atomic E-state index is 0.111. The van der Waals surface area contributed by atoms with Gasteiger partial charge in [0, 0.05) is 19.0 Å². The van der Waals surface area contributed by atoms with Crippen LogP contribution in [0.2, 0.25) is 0 Å². The Labute approximate surface area is 193 Å². The molecule has 5 heteroatoms. The Morgan fingerprint density at radius 2 is 1.79 bits per heavy atom. The SMILES string of the molecule is CCc1ccc(CC(=O)C2(c3ccc4c(c3)OCO4)CC2)cc1-c1cccc(C(=O)NC)c1. The molecule has 1 aliphatic carbocycles. The average Bonchev–Trinajstić information content (AvgIpc) is 3.54. The lowest BCUT2D eigenvalue weighted by Crippen LogP contribution is -2.22. The van der Waals surface area contributed by atoms with E-state index >= 15 is 0 Å². The van der Waals surface area contributed by atoms with Gasteiger partial charge in [0.1, 0.15) is 5.78 Å². The molecule has 1 fully saturated rings. The number of carbonyl (C=O) groups is 2. The second-order valence-electron chi connectivity index (χ2n) is 8.76. The third kappa shape index (κ3) is 3.88. The lowest BCUT2D eigenvalue weighted by molar-refractivity contribution is -0.120. The summed E-state index contributed by atoms with van der Waals surface area (Å²) in [6.07, 6.45) is 2.97. The maximum Gasteiger partial charge on any atom is 0.251 e. The largest absolute Gasteiger partial charge is 0.454 e. The maximum absolute atomic E-state index is 13.5. The fraction of sp³-hybridized carbons (Fsp3) is 0.286. The molecule has 0 atom stereocenters. The van der Waals surface area contributed by atoms with Crippen molar-refractivity contribution in [3.63, 3.8) is 0 Å². The number of hydrogen-bond acceptors (Lipinski definition) is 4. The number of Topliss-reactive ketones (excluding diaryl/α,β-unsaturated/α-hetero) is 1. The lowest BCUT2D eigenvalue weighted by atomic mass is 9.86. The first kappa shape index (κ1) is 21.3. The molecule has 33 heavy (non-hydrogen) atoms. The van der Waals surface area contributed by atoms with Gasteiger partial charge in [-0.2, -0.15) is 0 Å². The molecule has 0 radical (unpaired) electrons. The second kappa shape index (κ2) is 8.39. The molecule has 3 aromatic carbocycles. The fourth-order valence-electron chi connectivity index (χ4n) is 4.69. The topological polar surface area (TPSA) is 64.6 Å². The van der Waals surface area contributed by atoms with E-state index in [1.165, 1.54) is 5.56 Å². The van der Waals surface area contributed by atoms with Crippen molar-refractivity contribution in [1.29, 1.82) is 0 Å². The summed E-state index contributed by atoms with van der Waals surface area (Å²) in [4.78, 5) is 25.6. The molecule has 1 amide bonds. The minimum Gasteiger partial charge on any atom is -0.454 e. The molecule has 1 aliphatic heterocycles. The minimum atomic E-state index is -0.427. The summed E-state index contributed by atoms with van der Waals surface area (Å²) in [7, 11) is 1.63. The van der Waals surface area contributed by atoms with Gasteiger partial charge in [-0.05, 0) is 71.3 Å². The quantitative estimate of drug-likeness (QED) is 0.569. The predicted molar refractivity (Wildman–Crippen MR) is 127 cm³/mol. The van der Waals surface area contributed by atoms with Crippen LogP contribution in [0.3, 0.4) is 0 Å². The maximum atomic E-state index is 13.5. The highest BCUT2D eigenvalue weighted by atomic mass is 16.7. The number of ketones is 1. The molecule has 2 aliphatic rings. The van der Waals surface area contributed by atoms with Crippen molar-refractivity contribution < 1.29 is 19.1 Å². The zero-order valence-electron chi connectivity index (χ0n) is 18.9. The standard InChI is InChI=1S/C28H27NO4/c1-3-19-8-7-18(13-23(19)20-5-4-6-21(15-20)27(31)29-2)14-26(30)28(11-12-28)22-9-10-24-25(16-22)33-17-32-24/h4-10,13,15-16H,3,11-12,14,17H2,1-2H3,(H,29,31). The van der Waals surface area contributed by atoms with Gasteiger partial charge < -0.3 is 14.8 Å². The number of aryl methyl sites for hydroxylation is 1. The predicted octanol–water partition coefficient (Wildman–Crippen LogP) is 4.85. The molecule has 0 bridgehead atoms. The molecule has 1 N–H and O–H groups in total. The number of fused-ring (bicyclic) bond motifs is 1. The summed E-state index contributed by atoms with van der Waals surface area (Å²) in [6, 6.07) is 19.8. The van der Waals surface area contributed by atoms with Crippen LogP contribution >= 0.6 is 0 Å². The normalized spacial score (nSPS) is 15.2. The molecule has 0 unspecified atom stereocenters. The molecule has 3 aromatic rings. The summed E-state index contributed by atoms with van der Waals surface area (Å²) < 4.78 is 10.9. The number of hydrogen-bond donors (Lipinski definition) is 1. The molecule has 1 heterocycles. The number of nitrogens with one attached hydrogen (secondary N) is 1. The van der Waals surface area contributed by atoms with Crippen LogP contribution < -0.4 is 14.8 Å². The zero-order valence-corrected chi connectivity index (χ0v) is 18.9. The van der Waals surface area contributed by atoms with Gasteiger partial charge in [-0.15, -0.1) is 0 Å². The zero-order chi connectivity index (χ0) is 23.0. The van der Waals surface area contributed by atoms with Gasteiger partial charge in [-0.3, -0.25) is 9.59 Å². The molecule has 5 rings (SSSR count). The van der Waals surface area contributed by atoms with E-state index in [0.717, 1.165) is 53.0 Å². The third-order valence-corrected chi connectivity index (χ3v) is 6.79. The van der Waals surface area contributed by atoms with Gasteiger partial charge in [-0.25, -0.2) is 0 Å². The van der Waals surface area contributed by atoms with E-state index in [1.54, 1.807) is 7.05 Å². The summed E-state index contributed by atoms with van der Waals surface area (Å²) in [5.74, 6) is 1.58. The van der Waals surface area contributed by atoms with Crippen LogP contribution in [0.1, 0.15) is 46.8 Å². The number of benzene rings is 3. The van der Waals surface area contributed by atoms with Crippen LogP contribution in [0.15, 0.2) is 60.7 Å². The van der Waals surface area contributed by atoms with Crippen LogP contribution in [0, 0.1) is 0 Å². The Morgan fingerprint density at radius 3 is 2.55 bits per heavy atom. The second-order valence-corrected chi connectivity index (χ2v) is 8.76. The first-order valence-corrected chi connectivity index (χ1v) is 11.4. The Morgan fingerprint density at radius 1 is 0.970 bits per heavy atom. The van der Waals surface area contributed by atoms with Crippen molar-refractivity contribution in [3.05, 3.63) is 82.9 Å². The molecular weight excluding hydrogens is 414 g/mol. The van der Waals surface area contributed by atoms with E-state index in [0.29, 0.717) is 12.0 Å². The van der Waals surface area contributed by atoms with Crippen molar-refractivity contribution in [2.75, 3.05) is 13.8 Å². The molecule has 0 spiro atoms. The smallest absolute Gasteiger partial charge is 0.251 e. The summed E-state index contributed by atoms with van der Waals surface area (Å²) in [6.45, 7) is 2.35. The van der Waals surface area contributed by atoms with Crippen LogP contribution in [0.25, 0.3) is 11.1 Å². The lowest BCUT2D eigenvalue weighted by Gasteiger charge is -2.17. The molecule has 0 aromatic heterocycles. The highest BCUT2D eigenvalue weighted by molar-refractivity contribution is 5.96. The van der Waals surface area contributed by atoms with E-state index < -0.39 is 5.41 Å². The van der Waals surface area contributed by atoms with Crippen molar-refractivity contribution in [3.8, 4) is 22.6 Å². The summed E-state index contributed by atoms with van der Waals surface area (Å²) in [5, 5.41) is 2.68. The van der Waals surface area contributed by atoms with Crippen LogP contribution in [0.4, 0.5) is 0 Å². The Kier molecular flexibility index (Phi) is 5.41. The van der Waals surface area contributed by atoms with Crippen molar-refractivity contribution >= 4 is 11.7 Å². The van der Waals surface area contributed by atoms with Crippen molar-refractivity contribution in [2.45, 2.75) is 38.0 Å². The van der Waals surface area contributed by atoms with Crippen LogP contribution in [-0.2, 0) is 23.1 Å². The van der Waals surface area contributed by atoms with Gasteiger partial charge in [0.25, 0.3) is 5.91 Å². The first-order valence-electron chi connectivity index (χ1n) is 11.4. The highest BCUT2D eigenvalue weighted by Gasteiger charge is 2.50. The van der Waals surface area contributed by atoms with Gasteiger partial charge >= 0.3 is 0 Å². The molecule has 0 saturated heterocycles. The first-order chi connectivity index (χ1) is 16.0. The van der Waals surface area contributed by atoms with Crippen molar-refractivity contribution in [2.24, 2.45) is 0 Å². The highest BCUT2D eigenvalue weighted by Crippen LogP contribution is 2.51. The van der Waals surface area contributed by atoms with E-state index in [9.17, 15) is 9.59 Å².